The molecule has 0 aliphatic heterocycles. The molecule has 122 valence electrons. The Morgan fingerprint density at radius 1 is 1.39 bits per heavy atom. The largest absolute Gasteiger partial charge is 0.334 e. The number of amides is 1. The molecule has 1 fully saturated rings. The summed E-state index contributed by atoms with van der Waals surface area (Å²) in [6.07, 6.45) is 6.56. The highest BCUT2D eigenvalue weighted by Gasteiger charge is 2.27. The molecular weight excluding hydrogens is 308 g/mol. The van der Waals surface area contributed by atoms with Gasteiger partial charge >= 0.3 is 0 Å². The molecule has 0 bridgehead atoms. The Balaban J connectivity index is 1.76. The fraction of sp³-hybridized carbons (Fsp3) is 0.529. The summed E-state index contributed by atoms with van der Waals surface area (Å²) in [5, 5.41) is 1.11. The fourth-order valence-corrected chi connectivity index (χ4v) is 3.66. The minimum Gasteiger partial charge on any atom is -0.334 e. The van der Waals surface area contributed by atoms with Crippen molar-refractivity contribution in [3.63, 3.8) is 0 Å². The van der Waals surface area contributed by atoms with E-state index in [1.807, 2.05) is 20.9 Å². The van der Waals surface area contributed by atoms with Crippen LogP contribution in [0.15, 0.2) is 12.4 Å². The zero-order valence-electron chi connectivity index (χ0n) is 14.0. The van der Waals surface area contributed by atoms with E-state index in [9.17, 15) is 4.79 Å². The third-order valence-electron chi connectivity index (χ3n) is 4.32. The highest BCUT2D eigenvalue weighted by Crippen LogP contribution is 2.37. The summed E-state index contributed by atoms with van der Waals surface area (Å²) in [6.45, 7) is 6.14. The second-order valence-electron chi connectivity index (χ2n) is 6.11. The van der Waals surface area contributed by atoms with Crippen LogP contribution in [0.25, 0.3) is 0 Å². The van der Waals surface area contributed by atoms with Gasteiger partial charge in [-0.05, 0) is 33.1 Å². The lowest BCUT2D eigenvalue weighted by Crippen LogP contribution is -2.29. The normalized spacial score (nSPS) is 15.5. The minimum atomic E-state index is -0.0503. The second kappa shape index (κ2) is 6.35. The lowest BCUT2D eigenvalue weighted by molar-refractivity contribution is 0.0743. The molecule has 2 aromatic rings. The van der Waals surface area contributed by atoms with Crippen LogP contribution in [0.1, 0.15) is 70.4 Å². The van der Waals surface area contributed by atoms with Crippen molar-refractivity contribution < 1.29 is 4.79 Å². The molecule has 3 rings (SSSR count). The van der Waals surface area contributed by atoms with Crippen molar-refractivity contribution in [3.8, 4) is 0 Å². The number of hydrogen-bond acceptors (Lipinski definition) is 5. The molecule has 0 saturated heterocycles. The van der Waals surface area contributed by atoms with Crippen LogP contribution < -0.4 is 0 Å². The van der Waals surface area contributed by atoms with Gasteiger partial charge in [0.1, 0.15) is 5.82 Å². The lowest BCUT2D eigenvalue weighted by Gasteiger charge is -2.24. The van der Waals surface area contributed by atoms with Crippen LogP contribution in [0.5, 0.6) is 0 Å². The van der Waals surface area contributed by atoms with Gasteiger partial charge in [0.05, 0.1) is 22.3 Å². The summed E-state index contributed by atoms with van der Waals surface area (Å²) in [5.41, 5.74) is 1.56. The molecule has 1 aliphatic rings. The predicted molar refractivity (Wildman–Crippen MR) is 90.7 cm³/mol. The van der Waals surface area contributed by atoms with Gasteiger partial charge in [0.2, 0.25) is 0 Å². The quantitative estimate of drug-likeness (QED) is 0.841. The van der Waals surface area contributed by atoms with E-state index in [4.69, 9.17) is 0 Å². The number of hydrogen-bond donors (Lipinski definition) is 0. The van der Waals surface area contributed by atoms with Crippen molar-refractivity contribution in [1.82, 2.24) is 19.9 Å². The molecule has 1 saturated carbocycles. The second-order valence-corrected chi connectivity index (χ2v) is 7.22. The Hall–Kier alpha value is -1.82. The average molecular weight is 330 g/mol. The molecular formula is C17H22N4OS. The van der Waals surface area contributed by atoms with Crippen LogP contribution in [-0.2, 0) is 6.42 Å². The Labute approximate surface area is 140 Å². The Kier molecular flexibility index (Phi) is 4.43. The van der Waals surface area contributed by atoms with Crippen molar-refractivity contribution in [1.29, 1.82) is 0 Å². The van der Waals surface area contributed by atoms with E-state index in [1.54, 1.807) is 28.6 Å². The molecule has 0 N–H and O–H groups in total. The number of rotatable bonds is 5. The third-order valence-corrected chi connectivity index (χ3v) is 5.79. The van der Waals surface area contributed by atoms with Crippen molar-refractivity contribution in [2.24, 2.45) is 0 Å². The van der Waals surface area contributed by atoms with E-state index in [0.29, 0.717) is 11.5 Å². The first-order chi connectivity index (χ1) is 11.0. The van der Waals surface area contributed by atoms with Gasteiger partial charge in [0.25, 0.3) is 5.91 Å². The standard InChI is InChI=1S/C17H22N4OS/c1-5-14-20-10(2)15(23-14)11(3)21(4)17(22)13-8-18-16(19-9-13)12-6-7-12/h8-9,11-12H,5-7H2,1-4H3. The molecule has 23 heavy (non-hydrogen) atoms. The molecule has 0 aromatic carbocycles. The summed E-state index contributed by atoms with van der Waals surface area (Å²) in [5.74, 6) is 1.32. The fourth-order valence-electron chi connectivity index (χ4n) is 2.56. The topological polar surface area (TPSA) is 59.0 Å². The van der Waals surface area contributed by atoms with Crippen LogP contribution in [0.2, 0.25) is 0 Å². The van der Waals surface area contributed by atoms with Crippen LogP contribution >= 0.6 is 11.3 Å². The van der Waals surface area contributed by atoms with Gasteiger partial charge in [0.15, 0.2) is 0 Å². The SMILES string of the molecule is CCc1nc(C)c(C(C)N(C)C(=O)c2cnc(C3CC3)nc2)s1. The molecule has 5 nitrogen and oxygen atoms in total. The number of carbonyl (C=O) groups excluding carboxylic acids is 1. The lowest BCUT2D eigenvalue weighted by atomic mass is 10.2. The van der Waals surface area contributed by atoms with Gasteiger partial charge in [-0.1, -0.05) is 6.92 Å². The number of thiazole rings is 1. The van der Waals surface area contributed by atoms with E-state index >= 15 is 0 Å². The molecule has 6 heteroatoms. The van der Waals surface area contributed by atoms with Gasteiger partial charge in [-0.15, -0.1) is 11.3 Å². The van der Waals surface area contributed by atoms with E-state index in [0.717, 1.165) is 40.7 Å². The van der Waals surface area contributed by atoms with Crippen molar-refractivity contribution >= 4 is 17.2 Å². The molecule has 1 aliphatic carbocycles. The third kappa shape index (κ3) is 3.27. The van der Waals surface area contributed by atoms with Crippen molar-refractivity contribution in [3.05, 3.63) is 39.4 Å². The van der Waals surface area contributed by atoms with Crippen LogP contribution in [0, 0.1) is 6.92 Å². The van der Waals surface area contributed by atoms with Crippen LogP contribution in [0.4, 0.5) is 0 Å². The molecule has 0 spiro atoms. The molecule has 2 heterocycles. The number of aromatic nitrogens is 3. The van der Waals surface area contributed by atoms with Gasteiger partial charge in [0, 0.05) is 30.2 Å². The first kappa shape index (κ1) is 16.1. The molecule has 1 amide bonds. The summed E-state index contributed by atoms with van der Waals surface area (Å²) in [7, 11) is 1.83. The van der Waals surface area contributed by atoms with E-state index in [1.165, 1.54) is 0 Å². The molecule has 2 aromatic heterocycles. The monoisotopic (exact) mass is 330 g/mol. The Morgan fingerprint density at radius 2 is 2.04 bits per heavy atom. The van der Waals surface area contributed by atoms with Gasteiger partial charge < -0.3 is 4.90 Å². The van der Waals surface area contributed by atoms with Gasteiger partial charge in [-0.3, -0.25) is 4.79 Å². The van der Waals surface area contributed by atoms with Gasteiger partial charge in [-0.25, -0.2) is 15.0 Å². The van der Waals surface area contributed by atoms with E-state index < -0.39 is 0 Å². The Bertz CT molecular complexity index is 706. The average Bonchev–Trinajstić information content (AvgIpc) is 3.35. The first-order valence-electron chi connectivity index (χ1n) is 8.06. The Morgan fingerprint density at radius 3 is 2.57 bits per heavy atom. The molecule has 1 unspecified atom stereocenters. The van der Waals surface area contributed by atoms with Crippen molar-refractivity contribution in [2.75, 3.05) is 7.05 Å². The summed E-state index contributed by atoms with van der Waals surface area (Å²) in [4.78, 5) is 28.8. The van der Waals surface area contributed by atoms with Gasteiger partial charge in [-0.2, -0.15) is 0 Å². The van der Waals surface area contributed by atoms with Crippen LogP contribution in [0.3, 0.4) is 0 Å². The van der Waals surface area contributed by atoms with E-state index in [-0.39, 0.29) is 11.9 Å². The maximum Gasteiger partial charge on any atom is 0.257 e. The summed E-state index contributed by atoms with van der Waals surface area (Å²) >= 11 is 1.69. The van der Waals surface area contributed by atoms with E-state index in [2.05, 4.69) is 21.9 Å². The maximum atomic E-state index is 12.7. The highest BCUT2D eigenvalue weighted by molar-refractivity contribution is 7.11. The summed E-state index contributed by atoms with van der Waals surface area (Å²) < 4.78 is 0. The smallest absolute Gasteiger partial charge is 0.257 e. The zero-order valence-corrected chi connectivity index (χ0v) is 14.9. The maximum absolute atomic E-state index is 12.7. The molecule has 1 atom stereocenters. The molecule has 0 radical (unpaired) electrons. The highest BCUT2D eigenvalue weighted by atomic mass is 32.1. The number of aryl methyl sites for hydroxylation is 2. The summed E-state index contributed by atoms with van der Waals surface area (Å²) in [6, 6.07) is -0.0107. The zero-order chi connectivity index (χ0) is 16.6. The number of carbonyl (C=O) groups is 1. The number of nitrogens with zero attached hydrogens (tertiary/aromatic N) is 4. The van der Waals surface area contributed by atoms with Crippen molar-refractivity contribution in [2.45, 2.75) is 52.0 Å². The van der Waals surface area contributed by atoms with Crippen LogP contribution in [-0.4, -0.2) is 32.8 Å². The first-order valence-corrected chi connectivity index (χ1v) is 8.88. The predicted octanol–water partition coefficient (Wildman–Crippen LogP) is 3.51. The minimum absolute atomic E-state index is 0.0107.